The molecule has 1 aliphatic carbocycles. The fourth-order valence-corrected chi connectivity index (χ4v) is 2.69. The molecule has 0 saturated heterocycles. The molecule has 0 aromatic heterocycles. The third-order valence-corrected chi connectivity index (χ3v) is 3.68. The standard InChI is InChI=1S/C13H16F3N/c14-13(15,16)12(17)9-5-4-8-11(12)10-6-2-1-3-7-10/h1-3,6-7,11H,4-5,8-9,17H2. The topological polar surface area (TPSA) is 26.0 Å². The van der Waals surface area contributed by atoms with E-state index in [9.17, 15) is 13.2 Å². The van der Waals surface area contributed by atoms with Crippen LogP contribution in [0.25, 0.3) is 0 Å². The second-order valence-electron chi connectivity index (χ2n) is 4.75. The van der Waals surface area contributed by atoms with Crippen LogP contribution in [-0.2, 0) is 0 Å². The lowest BCUT2D eigenvalue weighted by Crippen LogP contribution is -2.58. The number of hydrogen-bond donors (Lipinski definition) is 1. The van der Waals surface area contributed by atoms with E-state index < -0.39 is 17.6 Å². The summed E-state index contributed by atoms with van der Waals surface area (Å²) in [6.07, 6.45) is -2.43. The van der Waals surface area contributed by atoms with Gasteiger partial charge in [0, 0.05) is 5.92 Å². The third-order valence-electron chi connectivity index (χ3n) is 3.68. The van der Waals surface area contributed by atoms with Gasteiger partial charge in [0.25, 0.3) is 0 Å². The van der Waals surface area contributed by atoms with Gasteiger partial charge in [0.2, 0.25) is 0 Å². The van der Waals surface area contributed by atoms with Gasteiger partial charge in [-0.1, -0.05) is 43.2 Å². The van der Waals surface area contributed by atoms with E-state index in [1.54, 1.807) is 30.3 Å². The molecule has 0 bridgehead atoms. The summed E-state index contributed by atoms with van der Waals surface area (Å²) in [6.45, 7) is 0. The van der Waals surface area contributed by atoms with E-state index in [2.05, 4.69) is 0 Å². The molecular formula is C13H16F3N. The summed E-state index contributed by atoms with van der Waals surface area (Å²) >= 11 is 0. The van der Waals surface area contributed by atoms with Crippen LogP contribution in [-0.4, -0.2) is 11.7 Å². The zero-order valence-electron chi connectivity index (χ0n) is 9.50. The van der Waals surface area contributed by atoms with Crippen molar-refractivity contribution in [3.8, 4) is 0 Å². The van der Waals surface area contributed by atoms with Crippen molar-refractivity contribution < 1.29 is 13.2 Å². The van der Waals surface area contributed by atoms with Crippen molar-refractivity contribution in [1.82, 2.24) is 0 Å². The highest BCUT2D eigenvalue weighted by atomic mass is 19.4. The average Bonchev–Trinajstić information content (AvgIpc) is 2.29. The molecular weight excluding hydrogens is 227 g/mol. The van der Waals surface area contributed by atoms with E-state index in [0.717, 1.165) is 6.42 Å². The fraction of sp³-hybridized carbons (Fsp3) is 0.538. The minimum Gasteiger partial charge on any atom is -0.317 e. The Balaban J connectivity index is 2.37. The molecule has 1 aromatic carbocycles. The number of hydrogen-bond acceptors (Lipinski definition) is 1. The maximum Gasteiger partial charge on any atom is 0.406 e. The lowest BCUT2D eigenvalue weighted by Gasteiger charge is -2.42. The number of rotatable bonds is 1. The van der Waals surface area contributed by atoms with Gasteiger partial charge in [0.05, 0.1) is 0 Å². The fourth-order valence-electron chi connectivity index (χ4n) is 2.69. The van der Waals surface area contributed by atoms with Crippen molar-refractivity contribution >= 4 is 0 Å². The van der Waals surface area contributed by atoms with Crippen molar-refractivity contribution in [3.63, 3.8) is 0 Å². The van der Waals surface area contributed by atoms with Gasteiger partial charge in [0.1, 0.15) is 5.54 Å². The zero-order valence-corrected chi connectivity index (χ0v) is 9.50. The van der Waals surface area contributed by atoms with E-state index in [-0.39, 0.29) is 6.42 Å². The Labute approximate surface area is 98.8 Å². The predicted molar refractivity (Wildman–Crippen MR) is 60.6 cm³/mol. The first-order chi connectivity index (χ1) is 7.95. The van der Waals surface area contributed by atoms with Crippen molar-refractivity contribution in [2.75, 3.05) is 0 Å². The second-order valence-corrected chi connectivity index (χ2v) is 4.75. The summed E-state index contributed by atoms with van der Waals surface area (Å²) < 4.78 is 39.4. The second kappa shape index (κ2) is 4.33. The number of halogens is 3. The molecule has 0 amide bonds. The van der Waals surface area contributed by atoms with Crippen LogP contribution in [0, 0.1) is 0 Å². The summed E-state index contributed by atoms with van der Waals surface area (Å²) in [6, 6.07) is 8.81. The van der Waals surface area contributed by atoms with Crippen LogP contribution < -0.4 is 5.73 Å². The highest BCUT2D eigenvalue weighted by Gasteiger charge is 2.57. The molecule has 94 valence electrons. The molecule has 4 heteroatoms. The zero-order chi connectivity index (χ0) is 12.5. The first-order valence-corrected chi connectivity index (χ1v) is 5.86. The molecule has 1 aromatic rings. The van der Waals surface area contributed by atoms with Crippen LogP contribution in [0.4, 0.5) is 13.2 Å². The SMILES string of the molecule is NC1(C(F)(F)F)CCCCC1c1ccccc1. The van der Waals surface area contributed by atoms with Crippen molar-refractivity contribution in [3.05, 3.63) is 35.9 Å². The minimum atomic E-state index is -4.34. The van der Waals surface area contributed by atoms with E-state index >= 15 is 0 Å². The molecule has 1 fully saturated rings. The quantitative estimate of drug-likeness (QED) is 0.801. The summed E-state index contributed by atoms with van der Waals surface area (Å²) in [5.41, 5.74) is 4.33. The lowest BCUT2D eigenvalue weighted by molar-refractivity contribution is -0.199. The summed E-state index contributed by atoms with van der Waals surface area (Å²) in [4.78, 5) is 0. The van der Waals surface area contributed by atoms with Crippen molar-refractivity contribution in [2.45, 2.75) is 43.3 Å². The predicted octanol–water partition coefficient (Wildman–Crippen LogP) is 3.60. The molecule has 0 radical (unpaired) electrons. The van der Waals surface area contributed by atoms with E-state index in [4.69, 9.17) is 5.73 Å². The molecule has 0 heterocycles. The molecule has 2 rings (SSSR count). The first-order valence-electron chi connectivity index (χ1n) is 5.86. The molecule has 17 heavy (non-hydrogen) atoms. The maximum absolute atomic E-state index is 13.1. The molecule has 1 nitrogen and oxygen atoms in total. The van der Waals surface area contributed by atoms with Gasteiger partial charge in [-0.3, -0.25) is 0 Å². The van der Waals surface area contributed by atoms with Crippen LogP contribution in [0.5, 0.6) is 0 Å². The van der Waals surface area contributed by atoms with Crippen LogP contribution in [0.2, 0.25) is 0 Å². The van der Waals surface area contributed by atoms with Crippen LogP contribution in [0.3, 0.4) is 0 Å². The van der Waals surface area contributed by atoms with Gasteiger partial charge >= 0.3 is 6.18 Å². The van der Waals surface area contributed by atoms with Gasteiger partial charge in [-0.2, -0.15) is 13.2 Å². The molecule has 1 aliphatic rings. The molecule has 0 spiro atoms. The van der Waals surface area contributed by atoms with E-state index in [1.165, 1.54) is 0 Å². The smallest absolute Gasteiger partial charge is 0.317 e. The average molecular weight is 243 g/mol. The number of benzene rings is 1. The van der Waals surface area contributed by atoms with Gasteiger partial charge in [0.15, 0.2) is 0 Å². The maximum atomic E-state index is 13.1. The Morgan fingerprint density at radius 1 is 1.12 bits per heavy atom. The Bertz CT molecular complexity index is 374. The number of alkyl halides is 3. The molecule has 2 atom stereocenters. The Kier molecular flexibility index (Phi) is 3.17. The van der Waals surface area contributed by atoms with E-state index in [1.807, 2.05) is 0 Å². The van der Waals surface area contributed by atoms with Crippen LogP contribution in [0.1, 0.15) is 37.2 Å². The lowest BCUT2D eigenvalue weighted by atomic mass is 9.70. The monoisotopic (exact) mass is 243 g/mol. The normalized spacial score (nSPS) is 30.2. The van der Waals surface area contributed by atoms with Gasteiger partial charge < -0.3 is 5.73 Å². The first kappa shape index (κ1) is 12.4. The van der Waals surface area contributed by atoms with Gasteiger partial charge in [-0.15, -0.1) is 0 Å². The third kappa shape index (κ3) is 2.18. The molecule has 2 unspecified atom stereocenters. The van der Waals surface area contributed by atoms with Gasteiger partial charge in [-0.25, -0.2) is 0 Å². The molecule has 2 N–H and O–H groups in total. The van der Waals surface area contributed by atoms with E-state index in [0.29, 0.717) is 18.4 Å². The largest absolute Gasteiger partial charge is 0.406 e. The Morgan fingerprint density at radius 2 is 1.76 bits per heavy atom. The van der Waals surface area contributed by atoms with Crippen LogP contribution >= 0.6 is 0 Å². The molecule has 0 aliphatic heterocycles. The minimum absolute atomic E-state index is 0.0239. The highest BCUT2D eigenvalue weighted by molar-refractivity contribution is 5.26. The Morgan fingerprint density at radius 3 is 2.35 bits per heavy atom. The van der Waals surface area contributed by atoms with Crippen LogP contribution in [0.15, 0.2) is 30.3 Å². The number of nitrogens with two attached hydrogens (primary N) is 1. The highest BCUT2D eigenvalue weighted by Crippen LogP contribution is 2.47. The van der Waals surface area contributed by atoms with Crippen molar-refractivity contribution in [2.24, 2.45) is 5.73 Å². The Hall–Kier alpha value is -1.03. The summed E-state index contributed by atoms with van der Waals surface area (Å²) in [5, 5.41) is 0. The summed E-state index contributed by atoms with van der Waals surface area (Å²) in [7, 11) is 0. The van der Waals surface area contributed by atoms with Crippen molar-refractivity contribution in [1.29, 1.82) is 0 Å². The summed E-state index contributed by atoms with van der Waals surface area (Å²) in [5.74, 6) is -0.613. The van der Waals surface area contributed by atoms with Gasteiger partial charge in [-0.05, 0) is 18.4 Å². The molecule has 1 saturated carbocycles.